The van der Waals surface area contributed by atoms with E-state index in [1.54, 1.807) is 6.07 Å². The van der Waals surface area contributed by atoms with Crippen molar-refractivity contribution in [3.8, 4) is 16.9 Å². The third-order valence-corrected chi connectivity index (χ3v) is 9.40. The summed E-state index contributed by atoms with van der Waals surface area (Å²) in [5.74, 6) is 0.0127. The SMILES string of the molecule is Cc1ccc(F)c(-c2ccc(COc3ccc4c(c3)[C@]3(CC4)C[C@H]3C(=O)O)cc2[C@@H]2CCCC2(C)C)c1. The summed E-state index contributed by atoms with van der Waals surface area (Å²) in [6.45, 7) is 7.08. The molecule has 0 radical (unpaired) electrons. The van der Waals surface area contributed by atoms with Gasteiger partial charge in [-0.25, -0.2) is 4.39 Å². The first kappa shape index (κ1) is 24.2. The number of benzene rings is 3. The molecule has 192 valence electrons. The van der Waals surface area contributed by atoms with Crippen molar-refractivity contribution in [2.45, 2.75) is 77.2 Å². The van der Waals surface area contributed by atoms with Gasteiger partial charge in [0.2, 0.25) is 0 Å². The predicted molar refractivity (Wildman–Crippen MR) is 143 cm³/mol. The van der Waals surface area contributed by atoms with Crippen molar-refractivity contribution in [3.05, 3.63) is 88.2 Å². The van der Waals surface area contributed by atoms with Crippen LogP contribution in [0, 0.1) is 24.1 Å². The average Bonchev–Trinajstić information content (AvgIpc) is 3.36. The first-order valence-corrected chi connectivity index (χ1v) is 13.6. The molecule has 1 N–H and O–H groups in total. The van der Waals surface area contributed by atoms with Gasteiger partial charge in [0.15, 0.2) is 0 Å². The molecule has 3 aliphatic rings. The highest BCUT2D eigenvalue weighted by Gasteiger charge is 2.61. The molecule has 6 rings (SSSR count). The van der Waals surface area contributed by atoms with E-state index < -0.39 is 5.97 Å². The topological polar surface area (TPSA) is 46.5 Å². The lowest BCUT2D eigenvalue weighted by Gasteiger charge is -2.30. The Morgan fingerprint density at radius 2 is 1.89 bits per heavy atom. The molecule has 3 aliphatic carbocycles. The number of aliphatic carboxylic acids is 1. The summed E-state index contributed by atoms with van der Waals surface area (Å²) in [6.07, 6.45) is 6.05. The van der Waals surface area contributed by atoms with Crippen molar-refractivity contribution in [3.63, 3.8) is 0 Å². The van der Waals surface area contributed by atoms with Gasteiger partial charge in [-0.05, 0) is 102 Å². The van der Waals surface area contributed by atoms with Crippen molar-refractivity contribution >= 4 is 5.97 Å². The lowest BCUT2D eigenvalue weighted by atomic mass is 9.75. The van der Waals surface area contributed by atoms with Crippen LogP contribution in [0.25, 0.3) is 11.1 Å². The highest BCUT2D eigenvalue weighted by atomic mass is 19.1. The zero-order chi connectivity index (χ0) is 25.9. The Labute approximate surface area is 218 Å². The lowest BCUT2D eigenvalue weighted by molar-refractivity contribution is -0.139. The second-order valence-corrected chi connectivity index (χ2v) is 12.2. The zero-order valence-electron chi connectivity index (χ0n) is 21.9. The molecule has 0 bridgehead atoms. The Balaban J connectivity index is 1.30. The molecule has 3 nitrogen and oxygen atoms in total. The van der Waals surface area contributed by atoms with E-state index in [0.717, 1.165) is 53.7 Å². The van der Waals surface area contributed by atoms with Crippen molar-refractivity contribution in [2.75, 3.05) is 0 Å². The van der Waals surface area contributed by atoms with Gasteiger partial charge in [-0.3, -0.25) is 4.79 Å². The summed E-state index contributed by atoms with van der Waals surface area (Å²) in [5.41, 5.74) is 7.37. The van der Waals surface area contributed by atoms with Crippen LogP contribution in [-0.4, -0.2) is 11.1 Å². The van der Waals surface area contributed by atoms with Crippen LogP contribution < -0.4 is 4.74 Å². The standard InChI is InChI=1S/C33H35FO3/c1-20-6-11-30(34)26(15-20)24-10-7-21(16-25(24)27-5-4-13-32(27,2)3)19-37-23-9-8-22-12-14-33(28(22)17-23)18-29(33)31(35)36/h6-11,15-17,27,29H,4-5,12-14,18-19H2,1-3H3,(H,35,36)/t27-,29-,33-/m0/s1. The molecule has 3 atom stereocenters. The van der Waals surface area contributed by atoms with E-state index in [0.29, 0.717) is 18.1 Å². The van der Waals surface area contributed by atoms with Crippen LogP contribution in [0.15, 0.2) is 54.6 Å². The third kappa shape index (κ3) is 4.15. The average molecular weight is 499 g/mol. The monoisotopic (exact) mass is 498 g/mol. The lowest BCUT2D eigenvalue weighted by Crippen LogP contribution is -2.17. The van der Waals surface area contributed by atoms with Gasteiger partial charge in [0.05, 0.1) is 5.92 Å². The van der Waals surface area contributed by atoms with E-state index in [1.165, 1.54) is 24.0 Å². The number of carboxylic acid groups (broad SMARTS) is 1. The van der Waals surface area contributed by atoms with Crippen molar-refractivity contribution < 1.29 is 19.0 Å². The number of hydrogen-bond donors (Lipinski definition) is 1. The third-order valence-electron chi connectivity index (χ3n) is 9.40. The van der Waals surface area contributed by atoms with E-state index >= 15 is 0 Å². The minimum absolute atomic E-state index is 0.160. The maximum absolute atomic E-state index is 15.0. The van der Waals surface area contributed by atoms with Crippen LogP contribution in [-0.2, 0) is 23.2 Å². The van der Waals surface area contributed by atoms with Gasteiger partial charge in [-0.2, -0.15) is 0 Å². The second-order valence-electron chi connectivity index (χ2n) is 12.2. The molecular formula is C33H35FO3. The molecule has 2 saturated carbocycles. The highest BCUT2D eigenvalue weighted by molar-refractivity contribution is 5.78. The van der Waals surface area contributed by atoms with Gasteiger partial charge < -0.3 is 9.84 Å². The number of carboxylic acids is 1. The van der Waals surface area contributed by atoms with Crippen molar-refractivity contribution in [1.29, 1.82) is 0 Å². The Morgan fingerprint density at radius 1 is 1.05 bits per heavy atom. The molecule has 0 saturated heterocycles. The van der Waals surface area contributed by atoms with E-state index in [-0.39, 0.29) is 22.6 Å². The summed E-state index contributed by atoms with van der Waals surface area (Å²) in [7, 11) is 0. The van der Waals surface area contributed by atoms with Crippen LogP contribution >= 0.6 is 0 Å². The van der Waals surface area contributed by atoms with E-state index in [9.17, 15) is 14.3 Å². The number of aryl methyl sites for hydroxylation is 2. The minimum Gasteiger partial charge on any atom is -0.489 e. The van der Waals surface area contributed by atoms with Crippen LogP contribution in [0.4, 0.5) is 4.39 Å². The molecule has 0 amide bonds. The first-order valence-electron chi connectivity index (χ1n) is 13.6. The Hall–Kier alpha value is -3.14. The molecule has 0 heterocycles. The molecule has 0 unspecified atom stereocenters. The van der Waals surface area contributed by atoms with Gasteiger partial charge in [-0.1, -0.05) is 56.2 Å². The van der Waals surface area contributed by atoms with Crippen LogP contribution in [0.2, 0.25) is 0 Å². The van der Waals surface area contributed by atoms with E-state index in [4.69, 9.17) is 4.74 Å². The number of fused-ring (bicyclic) bond motifs is 2. The normalized spacial score (nSPS) is 25.3. The smallest absolute Gasteiger partial charge is 0.307 e. The maximum Gasteiger partial charge on any atom is 0.307 e. The quantitative estimate of drug-likeness (QED) is 0.375. The number of rotatable bonds is 6. The molecule has 2 fully saturated rings. The Morgan fingerprint density at radius 3 is 2.62 bits per heavy atom. The van der Waals surface area contributed by atoms with Crippen LogP contribution in [0.1, 0.15) is 79.7 Å². The Kier molecular flexibility index (Phi) is 5.70. The van der Waals surface area contributed by atoms with E-state index in [1.807, 2.05) is 25.1 Å². The number of ether oxygens (including phenoxy) is 1. The molecule has 37 heavy (non-hydrogen) atoms. The molecule has 4 heteroatoms. The fourth-order valence-electron chi connectivity index (χ4n) is 7.17. The van der Waals surface area contributed by atoms with Gasteiger partial charge >= 0.3 is 5.97 Å². The molecule has 3 aromatic rings. The molecular weight excluding hydrogens is 463 g/mol. The molecule has 0 aromatic heterocycles. The summed E-state index contributed by atoms with van der Waals surface area (Å²) in [4.78, 5) is 11.6. The van der Waals surface area contributed by atoms with Crippen molar-refractivity contribution in [2.24, 2.45) is 11.3 Å². The van der Waals surface area contributed by atoms with Gasteiger partial charge in [-0.15, -0.1) is 0 Å². The van der Waals surface area contributed by atoms with E-state index in [2.05, 4.69) is 44.2 Å². The molecule has 0 aliphatic heterocycles. The fourth-order valence-corrected chi connectivity index (χ4v) is 7.17. The van der Waals surface area contributed by atoms with Gasteiger partial charge in [0.1, 0.15) is 18.2 Å². The largest absolute Gasteiger partial charge is 0.489 e. The zero-order valence-corrected chi connectivity index (χ0v) is 21.9. The van der Waals surface area contributed by atoms with Gasteiger partial charge in [0.25, 0.3) is 0 Å². The fraction of sp³-hybridized carbons (Fsp3) is 0.424. The number of carbonyl (C=O) groups is 1. The number of hydrogen-bond acceptors (Lipinski definition) is 2. The summed E-state index contributed by atoms with van der Waals surface area (Å²) < 4.78 is 21.2. The minimum atomic E-state index is -0.688. The molecule has 3 aromatic carbocycles. The summed E-state index contributed by atoms with van der Waals surface area (Å²) in [5, 5.41) is 9.56. The van der Waals surface area contributed by atoms with Crippen LogP contribution in [0.5, 0.6) is 5.75 Å². The molecule has 1 spiro atoms. The number of halogens is 1. The van der Waals surface area contributed by atoms with Crippen LogP contribution in [0.3, 0.4) is 0 Å². The first-order chi connectivity index (χ1) is 17.7. The summed E-state index contributed by atoms with van der Waals surface area (Å²) in [6, 6.07) is 17.9. The Bertz CT molecular complexity index is 1390. The van der Waals surface area contributed by atoms with Gasteiger partial charge in [0, 0.05) is 11.0 Å². The predicted octanol–water partition coefficient (Wildman–Crippen LogP) is 7.96. The maximum atomic E-state index is 15.0. The van der Waals surface area contributed by atoms with Crippen molar-refractivity contribution in [1.82, 2.24) is 0 Å². The summed E-state index contributed by atoms with van der Waals surface area (Å²) >= 11 is 0. The second kappa shape index (κ2) is 8.72. The highest BCUT2D eigenvalue weighted by Crippen LogP contribution is 2.62.